The standard InChI is InChI=1S/C28H20N2O4S3/c1-16(27(33)34)30-26(32)25(37-28(30)35)14-18-8-6-17(7-9-18)10-12-22(31)19-11-13-24-21(15-19)29-20-4-2-3-5-23(20)36-24/h2-16,29H,1H3,(H,33,34)/b12-10+,25-14+. The Morgan fingerprint density at radius 2 is 1.68 bits per heavy atom. The maximum atomic E-state index is 12.8. The fourth-order valence-corrected chi connectivity index (χ4v) is 6.23. The maximum absolute atomic E-state index is 12.8. The first-order valence-electron chi connectivity index (χ1n) is 11.3. The summed E-state index contributed by atoms with van der Waals surface area (Å²) in [5.41, 5.74) is 4.13. The highest BCUT2D eigenvalue weighted by Crippen LogP contribution is 2.44. The largest absolute Gasteiger partial charge is 0.480 e. The Morgan fingerprint density at radius 1 is 0.973 bits per heavy atom. The Hall–Kier alpha value is -3.66. The molecule has 0 aromatic heterocycles. The normalized spacial score (nSPS) is 16.5. The van der Waals surface area contributed by atoms with Gasteiger partial charge in [0, 0.05) is 15.4 Å². The molecule has 0 spiro atoms. The highest BCUT2D eigenvalue weighted by Gasteiger charge is 2.38. The number of carbonyl (C=O) groups excluding carboxylic acids is 2. The lowest BCUT2D eigenvalue weighted by molar-refractivity contribution is -0.144. The predicted molar refractivity (Wildman–Crippen MR) is 152 cm³/mol. The van der Waals surface area contributed by atoms with Crippen molar-refractivity contribution in [2.45, 2.75) is 22.8 Å². The number of hydrogen-bond donors (Lipinski definition) is 2. The van der Waals surface area contributed by atoms with Crippen LogP contribution in [0.1, 0.15) is 28.4 Å². The highest BCUT2D eigenvalue weighted by molar-refractivity contribution is 8.26. The van der Waals surface area contributed by atoms with Crippen LogP contribution in [-0.2, 0) is 9.59 Å². The molecule has 2 N–H and O–H groups in total. The van der Waals surface area contributed by atoms with E-state index in [1.165, 1.54) is 6.92 Å². The van der Waals surface area contributed by atoms with Gasteiger partial charge in [0.25, 0.3) is 5.91 Å². The molecule has 0 radical (unpaired) electrons. The minimum absolute atomic E-state index is 0.103. The Morgan fingerprint density at radius 3 is 2.43 bits per heavy atom. The number of ketones is 1. The number of nitrogens with zero attached hydrogens (tertiary/aromatic N) is 1. The topological polar surface area (TPSA) is 86.7 Å². The van der Waals surface area contributed by atoms with Crippen molar-refractivity contribution in [3.63, 3.8) is 0 Å². The Kier molecular flexibility index (Phi) is 7.01. The molecule has 3 aromatic rings. The number of carboxylic acids is 1. The highest BCUT2D eigenvalue weighted by atomic mass is 32.2. The van der Waals surface area contributed by atoms with E-state index < -0.39 is 17.9 Å². The molecule has 184 valence electrons. The average molecular weight is 545 g/mol. The van der Waals surface area contributed by atoms with E-state index in [9.17, 15) is 19.5 Å². The predicted octanol–water partition coefficient (Wildman–Crippen LogP) is 6.47. The third-order valence-corrected chi connectivity index (χ3v) is 8.35. The summed E-state index contributed by atoms with van der Waals surface area (Å²) in [4.78, 5) is 40.4. The molecule has 6 nitrogen and oxygen atoms in total. The van der Waals surface area contributed by atoms with E-state index in [0.29, 0.717) is 10.5 Å². The van der Waals surface area contributed by atoms with Crippen molar-refractivity contribution in [1.29, 1.82) is 0 Å². The second-order valence-electron chi connectivity index (χ2n) is 8.36. The quantitative estimate of drug-likeness (QED) is 0.162. The van der Waals surface area contributed by atoms with Gasteiger partial charge in [-0.3, -0.25) is 14.5 Å². The van der Waals surface area contributed by atoms with Crippen LogP contribution in [0.3, 0.4) is 0 Å². The molecular weight excluding hydrogens is 525 g/mol. The zero-order chi connectivity index (χ0) is 26.1. The summed E-state index contributed by atoms with van der Waals surface area (Å²) >= 11 is 7.95. The number of rotatable bonds is 6. The van der Waals surface area contributed by atoms with Gasteiger partial charge in [-0.15, -0.1) is 0 Å². The Bertz CT molecular complexity index is 1510. The van der Waals surface area contributed by atoms with Crippen molar-refractivity contribution in [2.24, 2.45) is 0 Å². The molecule has 1 unspecified atom stereocenters. The van der Waals surface area contributed by atoms with Gasteiger partial charge >= 0.3 is 5.97 Å². The second-order valence-corrected chi connectivity index (χ2v) is 11.1. The number of thiocarbonyl (C=S) groups is 1. The molecule has 2 aliphatic rings. The van der Waals surface area contributed by atoms with Crippen LogP contribution >= 0.6 is 35.7 Å². The lowest BCUT2D eigenvalue weighted by Crippen LogP contribution is -2.41. The fourth-order valence-electron chi connectivity index (χ4n) is 3.84. The van der Waals surface area contributed by atoms with Gasteiger partial charge in [0.1, 0.15) is 10.4 Å². The molecule has 1 saturated heterocycles. The van der Waals surface area contributed by atoms with Crippen molar-refractivity contribution in [3.05, 3.63) is 94.4 Å². The van der Waals surface area contributed by atoms with Crippen LogP contribution in [0.5, 0.6) is 0 Å². The van der Waals surface area contributed by atoms with Gasteiger partial charge in [-0.25, -0.2) is 4.79 Å². The molecular formula is C28H20N2O4S3. The SMILES string of the molecule is CC(C(=O)O)N1C(=O)/C(=C\c2ccc(/C=C/C(=O)c3ccc4c(c3)Nc3ccccc3S4)cc2)SC1=S. The average Bonchev–Trinajstić information content (AvgIpc) is 3.18. The molecule has 37 heavy (non-hydrogen) atoms. The van der Waals surface area contributed by atoms with E-state index >= 15 is 0 Å². The van der Waals surface area contributed by atoms with Crippen molar-refractivity contribution < 1.29 is 19.5 Å². The summed E-state index contributed by atoms with van der Waals surface area (Å²) < 4.78 is 0.226. The van der Waals surface area contributed by atoms with E-state index in [2.05, 4.69) is 11.4 Å². The fraction of sp³-hybridized carbons (Fsp3) is 0.0714. The number of hydrogen-bond acceptors (Lipinski definition) is 7. The van der Waals surface area contributed by atoms with Crippen LogP contribution in [0.4, 0.5) is 11.4 Å². The number of nitrogens with one attached hydrogen (secondary N) is 1. The van der Waals surface area contributed by atoms with Crippen molar-refractivity contribution in [1.82, 2.24) is 4.90 Å². The monoisotopic (exact) mass is 544 g/mol. The molecule has 2 aliphatic heterocycles. The van der Waals surface area contributed by atoms with E-state index in [-0.39, 0.29) is 10.1 Å². The van der Waals surface area contributed by atoms with E-state index in [0.717, 1.165) is 49.0 Å². The molecule has 5 rings (SSSR count). The lowest BCUT2D eigenvalue weighted by Gasteiger charge is -2.20. The molecule has 1 atom stereocenters. The molecule has 0 aliphatic carbocycles. The van der Waals surface area contributed by atoms with Crippen LogP contribution in [-0.4, -0.2) is 38.0 Å². The minimum Gasteiger partial charge on any atom is -0.480 e. The number of carbonyl (C=O) groups is 3. The molecule has 1 amide bonds. The zero-order valence-electron chi connectivity index (χ0n) is 19.5. The summed E-state index contributed by atoms with van der Waals surface area (Å²) in [6.07, 6.45) is 4.97. The zero-order valence-corrected chi connectivity index (χ0v) is 22.0. The van der Waals surface area contributed by atoms with Crippen molar-refractivity contribution >= 4 is 81.2 Å². The maximum Gasteiger partial charge on any atom is 0.326 e. The first-order chi connectivity index (χ1) is 17.8. The molecule has 2 heterocycles. The lowest BCUT2D eigenvalue weighted by atomic mass is 10.1. The molecule has 0 bridgehead atoms. The van der Waals surface area contributed by atoms with Crippen LogP contribution in [0.2, 0.25) is 0 Å². The first kappa shape index (κ1) is 25.0. The van der Waals surface area contributed by atoms with E-state index in [4.69, 9.17) is 12.2 Å². The number of carboxylic acid groups (broad SMARTS) is 1. The summed E-state index contributed by atoms with van der Waals surface area (Å²) in [7, 11) is 0. The van der Waals surface area contributed by atoms with Gasteiger partial charge < -0.3 is 10.4 Å². The number of aliphatic carboxylic acids is 1. The number of allylic oxidation sites excluding steroid dienone is 1. The summed E-state index contributed by atoms with van der Waals surface area (Å²) in [6, 6.07) is 20.0. The van der Waals surface area contributed by atoms with E-state index in [1.54, 1.807) is 30.0 Å². The summed E-state index contributed by atoms with van der Waals surface area (Å²) in [5, 5.41) is 12.6. The number of para-hydroxylation sites is 1. The van der Waals surface area contributed by atoms with E-state index in [1.807, 2.05) is 60.7 Å². The number of anilines is 2. The number of fused-ring (bicyclic) bond motifs is 2. The van der Waals surface area contributed by atoms with Gasteiger partial charge in [0.2, 0.25) is 0 Å². The number of thioether (sulfide) groups is 1. The molecule has 9 heteroatoms. The molecule has 1 fully saturated rings. The Labute approximate surface area is 227 Å². The summed E-state index contributed by atoms with van der Waals surface area (Å²) in [5.74, 6) is -1.63. The van der Waals surface area contributed by atoms with Crippen LogP contribution < -0.4 is 5.32 Å². The van der Waals surface area contributed by atoms with Crippen molar-refractivity contribution in [3.8, 4) is 0 Å². The first-order valence-corrected chi connectivity index (χ1v) is 13.3. The van der Waals surface area contributed by atoms with Crippen LogP contribution in [0, 0.1) is 0 Å². The molecule has 0 saturated carbocycles. The summed E-state index contributed by atoms with van der Waals surface area (Å²) in [6.45, 7) is 1.43. The number of benzene rings is 3. The van der Waals surface area contributed by atoms with Crippen molar-refractivity contribution in [2.75, 3.05) is 5.32 Å². The number of amides is 1. The van der Waals surface area contributed by atoms with Gasteiger partial charge in [-0.2, -0.15) is 0 Å². The third-order valence-electron chi connectivity index (χ3n) is 5.87. The van der Waals surface area contributed by atoms with Gasteiger partial charge in [-0.1, -0.05) is 78.2 Å². The second kappa shape index (κ2) is 10.4. The third kappa shape index (κ3) is 5.24. The minimum atomic E-state index is -1.11. The smallest absolute Gasteiger partial charge is 0.326 e. The molecule has 3 aromatic carbocycles. The van der Waals surface area contributed by atoms with Gasteiger partial charge in [-0.05, 0) is 60.5 Å². The Balaban J connectivity index is 1.26. The van der Waals surface area contributed by atoms with Crippen LogP contribution in [0.25, 0.3) is 12.2 Å². The van der Waals surface area contributed by atoms with Crippen LogP contribution in [0.15, 0.2) is 87.5 Å². The van der Waals surface area contributed by atoms with Gasteiger partial charge in [0.05, 0.1) is 16.3 Å². The van der Waals surface area contributed by atoms with Gasteiger partial charge in [0.15, 0.2) is 5.78 Å².